The summed E-state index contributed by atoms with van der Waals surface area (Å²) in [6, 6.07) is 3.47. The van der Waals surface area contributed by atoms with Crippen LogP contribution in [0.3, 0.4) is 0 Å². The van der Waals surface area contributed by atoms with Crippen LogP contribution in [0, 0.1) is 5.41 Å². The van der Waals surface area contributed by atoms with Crippen LogP contribution in [0.15, 0.2) is 18.3 Å². The first-order valence-electron chi connectivity index (χ1n) is 6.12. The van der Waals surface area contributed by atoms with Crippen molar-refractivity contribution in [1.29, 1.82) is 0 Å². The second-order valence-electron chi connectivity index (χ2n) is 4.78. The van der Waals surface area contributed by atoms with Crippen molar-refractivity contribution in [2.45, 2.75) is 32.7 Å². The van der Waals surface area contributed by atoms with Crippen molar-refractivity contribution >= 4 is 5.91 Å². The Hall–Kier alpha value is -1.42. The predicted octanol–water partition coefficient (Wildman–Crippen LogP) is 1.46. The maximum absolute atomic E-state index is 11.9. The number of carbonyl (C=O) groups excluding carboxylic acids is 1. The normalized spacial score (nSPS) is 16.6. The minimum absolute atomic E-state index is 0.0261. The fraction of sp³-hybridized carbons (Fsp3) is 0.538. The molecule has 1 aromatic rings. The smallest absolute Gasteiger partial charge is 0.251 e. The lowest BCUT2D eigenvalue weighted by molar-refractivity contribution is 0.0944. The number of nitrogens with two attached hydrogens (primary N) is 1. The molecule has 4 heteroatoms. The van der Waals surface area contributed by atoms with Gasteiger partial charge in [0.05, 0.1) is 5.69 Å². The molecule has 1 saturated carbocycles. The number of amides is 1. The van der Waals surface area contributed by atoms with Crippen molar-refractivity contribution < 1.29 is 4.79 Å². The predicted molar refractivity (Wildman–Crippen MR) is 66.4 cm³/mol. The van der Waals surface area contributed by atoms with Gasteiger partial charge in [0.2, 0.25) is 0 Å². The van der Waals surface area contributed by atoms with Crippen molar-refractivity contribution in [3.05, 3.63) is 29.6 Å². The van der Waals surface area contributed by atoms with Gasteiger partial charge in [-0.05, 0) is 36.8 Å². The Morgan fingerprint density at radius 3 is 2.94 bits per heavy atom. The molecule has 0 bridgehead atoms. The summed E-state index contributed by atoms with van der Waals surface area (Å²) in [6.45, 7) is 3.32. The Kier molecular flexibility index (Phi) is 3.43. The summed E-state index contributed by atoms with van der Waals surface area (Å²) in [7, 11) is 0. The van der Waals surface area contributed by atoms with Crippen molar-refractivity contribution in [1.82, 2.24) is 10.3 Å². The summed E-state index contributed by atoms with van der Waals surface area (Å²) in [6.07, 6.45) is 5.23. The molecule has 0 aromatic carbocycles. The fourth-order valence-electron chi connectivity index (χ4n) is 1.93. The minimum atomic E-state index is -0.0261. The van der Waals surface area contributed by atoms with Gasteiger partial charge in [0, 0.05) is 24.8 Å². The first-order chi connectivity index (χ1) is 8.19. The van der Waals surface area contributed by atoms with E-state index in [2.05, 4.69) is 17.2 Å². The van der Waals surface area contributed by atoms with Gasteiger partial charge in [-0.2, -0.15) is 0 Å². The summed E-state index contributed by atoms with van der Waals surface area (Å²) in [5.74, 6) is -0.0261. The number of nitrogens with one attached hydrogen (secondary N) is 1. The van der Waals surface area contributed by atoms with Crippen LogP contribution in [0.5, 0.6) is 0 Å². The number of pyridine rings is 1. The fourth-order valence-corrected chi connectivity index (χ4v) is 1.93. The molecule has 1 heterocycles. The lowest BCUT2D eigenvalue weighted by atomic mass is 10.0. The summed E-state index contributed by atoms with van der Waals surface area (Å²) in [5, 5.41) is 3.00. The van der Waals surface area contributed by atoms with Gasteiger partial charge in [-0.1, -0.05) is 6.92 Å². The Balaban J connectivity index is 1.95. The molecule has 0 aliphatic heterocycles. The van der Waals surface area contributed by atoms with E-state index >= 15 is 0 Å². The van der Waals surface area contributed by atoms with E-state index in [1.54, 1.807) is 18.3 Å². The second-order valence-corrected chi connectivity index (χ2v) is 4.78. The van der Waals surface area contributed by atoms with E-state index in [1.165, 1.54) is 12.8 Å². The van der Waals surface area contributed by atoms with Gasteiger partial charge in [0.15, 0.2) is 0 Å². The Labute approximate surface area is 102 Å². The van der Waals surface area contributed by atoms with Crippen LogP contribution in [0.2, 0.25) is 0 Å². The van der Waals surface area contributed by atoms with Gasteiger partial charge < -0.3 is 11.1 Å². The molecule has 0 spiro atoms. The molecule has 1 aromatic heterocycles. The maximum atomic E-state index is 11.9. The molecule has 17 heavy (non-hydrogen) atoms. The van der Waals surface area contributed by atoms with Gasteiger partial charge in [-0.25, -0.2) is 0 Å². The lowest BCUT2D eigenvalue weighted by Gasteiger charge is -2.13. The first kappa shape index (κ1) is 12.0. The molecule has 1 aliphatic carbocycles. The molecule has 1 amide bonds. The third-order valence-electron chi connectivity index (χ3n) is 3.62. The number of nitrogens with zero attached hydrogens (tertiary/aromatic N) is 1. The van der Waals surface area contributed by atoms with Gasteiger partial charge in [0.25, 0.3) is 5.91 Å². The van der Waals surface area contributed by atoms with Crippen molar-refractivity contribution in [2.75, 3.05) is 6.54 Å². The molecule has 0 atom stereocenters. The van der Waals surface area contributed by atoms with Crippen LogP contribution >= 0.6 is 0 Å². The largest absolute Gasteiger partial charge is 0.351 e. The summed E-state index contributed by atoms with van der Waals surface area (Å²) < 4.78 is 0. The monoisotopic (exact) mass is 233 g/mol. The molecule has 1 aliphatic rings. The highest BCUT2D eigenvalue weighted by atomic mass is 16.1. The van der Waals surface area contributed by atoms with E-state index in [0.29, 0.717) is 17.5 Å². The van der Waals surface area contributed by atoms with E-state index < -0.39 is 0 Å². The summed E-state index contributed by atoms with van der Waals surface area (Å²) >= 11 is 0. The van der Waals surface area contributed by atoms with Crippen LogP contribution in [-0.2, 0) is 6.54 Å². The zero-order valence-electron chi connectivity index (χ0n) is 10.2. The van der Waals surface area contributed by atoms with Gasteiger partial charge in [-0.3, -0.25) is 9.78 Å². The summed E-state index contributed by atoms with van der Waals surface area (Å²) in [4.78, 5) is 16.0. The number of rotatable bonds is 5. The van der Waals surface area contributed by atoms with Gasteiger partial charge >= 0.3 is 0 Å². The molecule has 0 radical (unpaired) electrons. The van der Waals surface area contributed by atoms with Gasteiger partial charge in [0.1, 0.15) is 0 Å². The highest BCUT2D eigenvalue weighted by Gasteiger charge is 2.40. The van der Waals surface area contributed by atoms with E-state index in [4.69, 9.17) is 5.73 Å². The first-order valence-corrected chi connectivity index (χ1v) is 6.12. The maximum Gasteiger partial charge on any atom is 0.251 e. The average Bonchev–Trinajstić information content (AvgIpc) is 3.17. The van der Waals surface area contributed by atoms with Crippen LogP contribution in [0.25, 0.3) is 0 Å². The minimum Gasteiger partial charge on any atom is -0.351 e. The number of hydrogen-bond donors (Lipinski definition) is 2. The number of hydrogen-bond acceptors (Lipinski definition) is 3. The van der Waals surface area contributed by atoms with E-state index in [9.17, 15) is 4.79 Å². The Bertz CT molecular complexity index is 413. The quantitative estimate of drug-likeness (QED) is 0.809. The molecule has 0 unspecified atom stereocenters. The second kappa shape index (κ2) is 4.84. The van der Waals surface area contributed by atoms with Crippen LogP contribution in [0.1, 0.15) is 42.2 Å². The lowest BCUT2D eigenvalue weighted by Crippen LogP contribution is -2.30. The van der Waals surface area contributed by atoms with E-state index in [-0.39, 0.29) is 5.91 Å². The highest BCUT2D eigenvalue weighted by Crippen LogP contribution is 2.47. The van der Waals surface area contributed by atoms with Crippen LogP contribution in [-0.4, -0.2) is 17.4 Å². The number of aromatic nitrogens is 1. The molecule has 2 rings (SSSR count). The highest BCUT2D eigenvalue weighted by molar-refractivity contribution is 5.94. The molecule has 4 nitrogen and oxygen atoms in total. The molecule has 0 saturated heterocycles. The van der Waals surface area contributed by atoms with Crippen molar-refractivity contribution in [3.63, 3.8) is 0 Å². The molecule has 92 valence electrons. The van der Waals surface area contributed by atoms with Crippen molar-refractivity contribution in [2.24, 2.45) is 11.1 Å². The molecular formula is C13H19N3O. The van der Waals surface area contributed by atoms with E-state index in [0.717, 1.165) is 18.7 Å². The average molecular weight is 233 g/mol. The third-order valence-corrected chi connectivity index (χ3v) is 3.62. The molecular weight excluding hydrogens is 214 g/mol. The van der Waals surface area contributed by atoms with Crippen molar-refractivity contribution in [3.8, 4) is 0 Å². The Morgan fingerprint density at radius 2 is 2.35 bits per heavy atom. The SMILES string of the molecule is CCC1(CNC(=O)c2ccnc(CN)c2)CC1. The topological polar surface area (TPSA) is 68.0 Å². The standard InChI is InChI=1S/C13H19N3O/c1-2-13(4-5-13)9-16-12(17)10-3-6-15-11(7-10)8-14/h3,6-7H,2,4-5,8-9,14H2,1H3,(H,16,17). The molecule has 3 N–H and O–H groups in total. The zero-order valence-corrected chi connectivity index (χ0v) is 10.2. The third kappa shape index (κ3) is 2.82. The summed E-state index contributed by atoms with van der Waals surface area (Å²) in [5.41, 5.74) is 7.26. The van der Waals surface area contributed by atoms with Crippen LogP contribution < -0.4 is 11.1 Å². The molecule has 1 fully saturated rings. The van der Waals surface area contributed by atoms with Crippen LogP contribution in [0.4, 0.5) is 0 Å². The number of carbonyl (C=O) groups is 1. The van der Waals surface area contributed by atoms with E-state index in [1.807, 2.05) is 0 Å². The zero-order chi connectivity index (χ0) is 12.3. The van der Waals surface area contributed by atoms with Gasteiger partial charge in [-0.15, -0.1) is 0 Å². The Morgan fingerprint density at radius 1 is 1.59 bits per heavy atom.